The van der Waals surface area contributed by atoms with Crippen LogP contribution in [0, 0.1) is 13.8 Å². The fourth-order valence-electron chi connectivity index (χ4n) is 4.52. The number of ether oxygens (including phenoxy) is 1. The second kappa shape index (κ2) is 12.5. The molecule has 0 aliphatic heterocycles. The average molecular weight is 567 g/mol. The Kier molecular flexibility index (Phi) is 9.09. The molecule has 4 rings (SSSR count). The van der Waals surface area contributed by atoms with Gasteiger partial charge in [-0.25, -0.2) is 13.1 Å². The van der Waals surface area contributed by atoms with Gasteiger partial charge in [-0.05, 0) is 68.0 Å². The van der Waals surface area contributed by atoms with Crippen molar-refractivity contribution in [1.29, 1.82) is 0 Å². The van der Waals surface area contributed by atoms with Gasteiger partial charge in [-0.1, -0.05) is 60.1 Å². The van der Waals surface area contributed by atoms with E-state index in [0.29, 0.717) is 25.0 Å². The molecule has 0 radical (unpaired) electrons. The molecule has 0 aliphatic rings. The molecule has 1 aromatic heterocycles. The van der Waals surface area contributed by atoms with Crippen molar-refractivity contribution in [2.75, 3.05) is 12.4 Å². The smallest absolute Gasteiger partial charge is 0.281 e. The Morgan fingerprint density at radius 3 is 2.33 bits per heavy atom. The summed E-state index contributed by atoms with van der Waals surface area (Å²) in [5.74, 6) is -0.467. The number of rotatable bonds is 12. The molecule has 1 amide bonds. The SMILES string of the molecule is Cc1cc(OCCCc2c(C(=O)NS(=O)(=O)CCCC(=O)c3ccccc3)[nH]c3ccccc23)cc(C)c1Cl. The van der Waals surface area contributed by atoms with Crippen LogP contribution in [0.15, 0.2) is 66.7 Å². The normalized spacial score (nSPS) is 11.5. The van der Waals surface area contributed by atoms with Crippen molar-refractivity contribution in [1.82, 2.24) is 9.71 Å². The number of hydrogen-bond acceptors (Lipinski definition) is 5. The third-order valence-corrected chi connectivity index (χ3v) is 8.37. The van der Waals surface area contributed by atoms with Gasteiger partial charge in [0.2, 0.25) is 10.0 Å². The topological polar surface area (TPSA) is 105 Å². The molecule has 2 N–H and O–H groups in total. The van der Waals surface area contributed by atoms with E-state index in [1.165, 1.54) is 0 Å². The van der Waals surface area contributed by atoms with E-state index in [2.05, 4.69) is 9.71 Å². The van der Waals surface area contributed by atoms with E-state index in [4.69, 9.17) is 16.3 Å². The summed E-state index contributed by atoms with van der Waals surface area (Å²) >= 11 is 6.24. The van der Waals surface area contributed by atoms with Gasteiger partial charge in [0.05, 0.1) is 12.4 Å². The molecule has 1 heterocycles. The average Bonchev–Trinajstić information content (AvgIpc) is 3.28. The summed E-state index contributed by atoms with van der Waals surface area (Å²) in [5.41, 5.74) is 4.09. The van der Waals surface area contributed by atoms with E-state index in [9.17, 15) is 18.0 Å². The molecular formula is C30H31ClN2O5S. The van der Waals surface area contributed by atoms with Gasteiger partial charge in [-0.3, -0.25) is 9.59 Å². The minimum Gasteiger partial charge on any atom is -0.494 e. The molecule has 0 unspecified atom stereocenters. The van der Waals surface area contributed by atoms with Gasteiger partial charge >= 0.3 is 0 Å². The Balaban J connectivity index is 1.39. The summed E-state index contributed by atoms with van der Waals surface area (Å²) in [6, 6.07) is 19.9. The third-order valence-electron chi connectivity index (χ3n) is 6.45. The lowest BCUT2D eigenvalue weighted by molar-refractivity contribution is 0.0973. The molecule has 0 aliphatic carbocycles. The number of nitrogens with one attached hydrogen (secondary N) is 2. The fourth-order valence-corrected chi connectivity index (χ4v) is 5.64. The number of aryl methyl sites for hydroxylation is 3. The summed E-state index contributed by atoms with van der Waals surface area (Å²) in [6.45, 7) is 4.26. The van der Waals surface area contributed by atoms with Crippen LogP contribution in [-0.4, -0.2) is 37.5 Å². The number of benzene rings is 3. The quantitative estimate of drug-likeness (QED) is 0.157. The predicted octanol–water partition coefficient (Wildman–Crippen LogP) is 6.17. The van der Waals surface area contributed by atoms with Crippen molar-refractivity contribution in [2.45, 2.75) is 39.5 Å². The highest BCUT2D eigenvalue weighted by atomic mass is 35.5. The molecule has 4 aromatic rings. The van der Waals surface area contributed by atoms with E-state index < -0.39 is 15.9 Å². The van der Waals surface area contributed by atoms with Crippen molar-refractivity contribution in [3.63, 3.8) is 0 Å². The van der Waals surface area contributed by atoms with Gasteiger partial charge in [0.15, 0.2) is 5.78 Å². The second-order valence-electron chi connectivity index (χ2n) is 9.49. The first kappa shape index (κ1) is 28.4. The number of hydrogen-bond donors (Lipinski definition) is 2. The van der Waals surface area contributed by atoms with Gasteiger partial charge in [0.25, 0.3) is 5.91 Å². The highest BCUT2D eigenvalue weighted by Gasteiger charge is 2.22. The van der Waals surface area contributed by atoms with Gasteiger partial charge in [0.1, 0.15) is 11.4 Å². The van der Waals surface area contributed by atoms with Crippen LogP contribution in [0.25, 0.3) is 10.9 Å². The van der Waals surface area contributed by atoms with Crippen LogP contribution in [0.1, 0.15) is 56.8 Å². The molecule has 204 valence electrons. The summed E-state index contributed by atoms with van der Waals surface area (Å²) in [7, 11) is -3.94. The Bertz CT molecular complexity index is 1570. The highest BCUT2D eigenvalue weighted by molar-refractivity contribution is 7.90. The first-order chi connectivity index (χ1) is 18.6. The number of Topliss-reactive ketones (excluding diaryl/α,β-unsaturated/α-hetero) is 1. The van der Waals surface area contributed by atoms with Crippen molar-refractivity contribution in [2.24, 2.45) is 0 Å². The van der Waals surface area contributed by atoms with E-state index >= 15 is 0 Å². The Hall–Kier alpha value is -3.62. The van der Waals surface area contributed by atoms with E-state index in [1.54, 1.807) is 24.3 Å². The largest absolute Gasteiger partial charge is 0.494 e. The first-order valence-corrected chi connectivity index (χ1v) is 14.8. The van der Waals surface area contributed by atoms with Crippen molar-refractivity contribution in [3.05, 3.63) is 99.7 Å². The van der Waals surface area contributed by atoms with Crippen molar-refractivity contribution in [3.8, 4) is 5.75 Å². The monoisotopic (exact) mass is 566 g/mol. The number of sulfonamides is 1. The Morgan fingerprint density at radius 2 is 1.62 bits per heavy atom. The standard InChI is InChI=1S/C30H31ClN2O5S/c1-20-18-23(19-21(2)28(20)31)38-16-8-13-25-24-12-6-7-14-26(24)32-29(25)30(35)33-39(36,37)17-9-15-27(34)22-10-4-3-5-11-22/h3-7,10-12,14,18-19,32H,8-9,13,15-17H2,1-2H3,(H,33,35). The van der Waals surface area contributed by atoms with E-state index in [0.717, 1.165) is 38.4 Å². The summed E-state index contributed by atoms with van der Waals surface area (Å²) in [6.07, 6.45) is 1.29. The minimum absolute atomic E-state index is 0.0728. The molecule has 0 fully saturated rings. The Labute approximate surface area is 233 Å². The van der Waals surface area contributed by atoms with Crippen LogP contribution < -0.4 is 9.46 Å². The van der Waals surface area contributed by atoms with Crippen molar-refractivity contribution >= 4 is 44.2 Å². The number of para-hydroxylation sites is 1. The van der Waals surface area contributed by atoms with E-state index in [-0.39, 0.29) is 30.1 Å². The first-order valence-electron chi connectivity index (χ1n) is 12.8. The van der Waals surface area contributed by atoms with E-state index in [1.807, 2.05) is 56.3 Å². The van der Waals surface area contributed by atoms with Crippen LogP contribution in [-0.2, 0) is 16.4 Å². The highest BCUT2D eigenvalue weighted by Crippen LogP contribution is 2.27. The van der Waals surface area contributed by atoms with Crippen LogP contribution in [0.5, 0.6) is 5.75 Å². The molecule has 0 saturated carbocycles. The molecule has 39 heavy (non-hydrogen) atoms. The maximum Gasteiger partial charge on any atom is 0.281 e. The van der Waals surface area contributed by atoms with Gasteiger partial charge in [-0.2, -0.15) is 0 Å². The zero-order chi connectivity index (χ0) is 28.0. The fraction of sp³-hybridized carbons (Fsp3) is 0.267. The number of aromatic amines is 1. The van der Waals surface area contributed by atoms with Crippen molar-refractivity contribution < 1.29 is 22.7 Å². The number of aromatic nitrogens is 1. The molecule has 7 nitrogen and oxygen atoms in total. The zero-order valence-corrected chi connectivity index (χ0v) is 23.5. The van der Waals surface area contributed by atoms with Crippen LogP contribution in [0.3, 0.4) is 0 Å². The minimum atomic E-state index is -3.94. The maximum absolute atomic E-state index is 13.1. The van der Waals surface area contributed by atoms with Gasteiger partial charge < -0.3 is 9.72 Å². The number of carbonyl (C=O) groups excluding carboxylic acids is 2. The lowest BCUT2D eigenvalue weighted by Gasteiger charge is -2.11. The summed E-state index contributed by atoms with van der Waals surface area (Å²) < 4.78 is 33.4. The lowest BCUT2D eigenvalue weighted by atomic mass is 10.1. The molecular weight excluding hydrogens is 536 g/mol. The molecule has 0 bridgehead atoms. The zero-order valence-electron chi connectivity index (χ0n) is 21.9. The number of halogens is 1. The van der Waals surface area contributed by atoms with Gasteiger partial charge in [-0.15, -0.1) is 0 Å². The molecule has 3 aromatic carbocycles. The number of H-pyrrole nitrogens is 1. The summed E-state index contributed by atoms with van der Waals surface area (Å²) in [4.78, 5) is 28.5. The molecule has 0 saturated heterocycles. The molecule has 0 spiro atoms. The van der Waals surface area contributed by atoms with Crippen LogP contribution >= 0.6 is 11.6 Å². The van der Waals surface area contributed by atoms with Crippen LogP contribution in [0.4, 0.5) is 0 Å². The third kappa shape index (κ3) is 7.28. The number of carbonyl (C=O) groups is 2. The number of amides is 1. The van der Waals surface area contributed by atoms with Crippen LogP contribution in [0.2, 0.25) is 5.02 Å². The summed E-state index contributed by atoms with van der Waals surface area (Å²) in [5, 5.41) is 1.57. The number of fused-ring (bicyclic) bond motifs is 1. The molecule has 9 heteroatoms. The second-order valence-corrected chi connectivity index (χ2v) is 11.7. The predicted molar refractivity (Wildman–Crippen MR) is 154 cm³/mol. The maximum atomic E-state index is 13.1. The van der Waals surface area contributed by atoms with Gasteiger partial charge in [0, 0.05) is 27.9 Å². The lowest BCUT2D eigenvalue weighted by Crippen LogP contribution is -2.33. The molecule has 0 atom stereocenters. The number of ketones is 1. The Morgan fingerprint density at radius 1 is 0.949 bits per heavy atom.